The minimum absolute atomic E-state index is 0.00732. The van der Waals surface area contributed by atoms with E-state index in [0.29, 0.717) is 18.7 Å². The van der Waals surface area contributed by atoms with E-state index in [0.717, 1.165) is 5.56 Å². The highest BCUT2D eigenvalue weighted by Gasteiger charge is 2.32. The third kappa shape index (κ3) is 4.27. The number of aryl methyl sites for hydroxylation is 1. The van der Waals surface area contributed by atoms with Crippen molar-refractivity contribution < 1.29 is 18.0 Å². The third-order valence-corrected chi connectivity index (χ3v) is 7.26. The number of nitrogens with two attached hydrogens (primary N) is 1. The first-order valence-electron chi connectivity index (χ1n) is 9.77. The summed E-state index contributed by atoms with van der Waals surface area (Å²) >= 11 is 0. The average molecular weight is 433 g/mol. The lowest BCUT2D eigenvalue weighted by atomic mass is 9.86. The molecular formula is C21H28N4O4S. The third-order valence-electron chi connectivity index (χ3n) is 5.39. The van der Waals surface area contributed by atoms with Crippen LogP contribution in [-0.4, -0.2) is 60.2 Å². The molecule has 1 aromatic heterocycles. The van der Waals surface area contributed by atoms with Crippen molar-refractivity contribution >= 4 is 21.8 Å². The fraction of sp³-hybridized carbons (Fsp3) is 0.429. The van der Waals surface area contributed by atoms with Crippen LogP contribution in [0.1, 0.15) is 47.2 Å². The summed E-state index contributed by atoms with van der Waals surface area (Å²) in [5.74, 6) is -0.796. The Morgan fingerprint density at radius 2 is 1.57 bits per heavy atom. The summed E-state index contributed by atoms with van der Waals surface area (Å²) in [6.45, 7) is 7.32. The summed E-state index contributed by atoms with van der Waals surface area (Å²) in [4.78, 5) is 25.9. The predicted octanol–water partition coefficient (Wildman–Crippen LogP) is 1.57. The van der Waals surface area contributed by atoms with Crippen molar-refractivity contribution in [1.29, 1.82) is 0 Å². The molecule has 0 radical (unpaired) electrons. The molecule has 0 bridgehead atoms. The number of hydrogen-bond acceptors (Lipinski definition) is 4. The van der Waals surface area contributed by atoms with Crippen LogP contribution in [0.4, 0.5) is 0 Å². The van der Waals surface area contributed by atoms with E-state index in [4.69, 9.17) is 5.73 Å². The summed E-state index contributed by atoms with van der Waals surface area (Å²) in [6, 6.07) is 8.84. The fourth-order valence-electron chi connectivity index (χ4n) is 3.50. The maximum absolute atomic E-state index is 12.9. The van der Waals surface area contributed by atoms with Crippen molar-refractivity contribution in [2.45, 2.75) is 31.1 Å². The van der Waals surface area contributed by atoms with E-state index in [1.807, 2.05) is 24.3 Å². The standard InChI is InChI=1S/C21H28N4O4S/c1-21(2,3)16-7-5-15(6-8-16)20(27)24-9-11-25(12-10-24)30(28,29)17-13-18(19(22)26)23(4)14-17/h5-8,13-14H,9-12H2,1-4H3,(H2,22,26). The Morgan fingerprint density at radius 1 is 1.00 bits per heavy atom. The molecule has 9 heteroatoms. The number of carbonyl (C=O) groups is 2. The number of primary amides is 1. The molecule has 1 aromatic carbocycles. The summed E-state index contributed by atoms with van der Waals surface area (Å²) in [5, 5.41) is 0. The van der Waals surface area contributed by atoms with Crippen LogP contribution >= 0.6 is 0 Å². The zero-order chi connectivity index (χ0) is 22.3. The monoisotopic (exact) mass is 432 g/mol. The van der Waals surface area contributed by atoms with Crippen molar-refractivity contribution in [3.8, 4) is 0 Å². The first-order valence-corrected chi connectivity index (χ1v) is 11.2. The van der Waals surface area contributed by atoms with Crippen LogP contribution in [0.3, 0.4) is 0 Å². The zero-order valence-electron chi connectivity index (χ0n) is 17.8. The van der Waals surface area contributed by atoms with E-state index in [2.05, 4.69) is 20.8 Å². The lowest BCUT2D eigenvalue weighted by molar-refractivity contribution is 0.0697. The Kier molecular flexibility index (Phi) is 5.79. The summed E-state index contributed by atoms with van der Waals surface area (Å²) in [7, 11) is -2.20. The number of sulfonamides is 1. The molecule has 0 unspecified atom stereocenters. The minimum Gasteiger partial charge on any atom is -0.364 e. The van der Waals surface area contributed by atoms with Gasteiger partial charge in [0.05, 0.1) is 0 Å². The second-order valence-corrected chi connectivity index (χ2v) is 10.5. The molecule has 0 spiro atoms. The zero-order valence-corrected chi connectivity index (χ0v) is 18.6. The number of piperazine rings is 1. The highest BCUT2D eigenvalue weighted by molar-refractivity contribution is 7.89. The van der Waals surface area contributed by atoms with Crippen molar-refractivity contribution in [3.05, 3.63) is 53.3 Å². The number of rotatable bonds is 4. The molecule has 2 heterocycles. The Hall–Kier alpha value is -2.65. The number of nitrogens with zero attached hydrogens (tertiary/aromatic N) is 3. The molecule has 0 aliphatic carbocycles. The number of carbonyl (C=O) groups excluding carboxylic acids is 2. The van der Waals surface area contributed by atoms with Crippen molar-refractivity contribution in [3.63, 3.8) is 0 Å². The molecule has 1 fully saturated rings. The van der Waals surface area contributed by atoms with Crippen LogP contribution in [0.5, 0.6) is 0 Å². The Labute approximate surface area is 177 Å². The van der Waals surface area contributed by atoms with Gasteiger partial charge in [-0.05, 0) is 29.2 Å². The largest absolute Gasteiger partial charge is 0.364 e. The van der Waals surface area contributed by atoms with Crippen LogP contribution in [0, 0.1) is 0 Å². The van der Waals surface area contributed by atoms with Gasteiger partial charge >= 0.3 is 0 Å². The molecule has 2 amide bonds. The SMILES string of the molecule is Cn1cc(S(=O)(=O)N2CCN(C(=O)c3ccc(C(C)(C)C)cc3)CC2)cc1C(N)=O. The van der Waals surface area contributed by atoms with E-state index in [1.54, 1.807) is 11.9 Å². The lowest BCUT2D eigenvalue weighted by Crippen LogP contribution is -2.50. The van der Waals surface area contributed by atoms with Gasteiger partial charge in [0.1, 0.15) is 10.6 Å². The van der Waals surface area contributed by atoms with Crippen LogP contribution in [-0.2, 0) is 22.5 Å². The molecule has 2 aromatic rings. The molecule has 0 saturated carbocycles. The normalized spacial score (nSPS) is 15.9. The average Bonchev–Trinajstić information content (AvgIpc) is 3.10. The van der Waals surface area contributed by atoms with E-state index in [1.165, 1.54) is 21.1 Å². The first kappa shape index (κ1) is 22.0. The highest BCUT2D eigenvalue weighted by atomic mass is 32.2. The van der Waals surface area contributed by atoms with E-state index in [9.17, 15) is 18.0 Å². The molecule has 30 heavy (non-hydrogen) atoms. The van der Waals surface area contributed by atoms with Gasteiger partial charge in [0.2, 0.25) is 10.0 Å². The van der Waals surface area contributed by atoms with Gasteiger partial charge in [0, 0.05) is 45.0 Å². The van der Waals surface area contributed by atoms with Gasteiger partial charge in [0.15, 0.2) is 0 Å². The van der Waals surface area contributed by atoms with Crippen LogP contribution in [0.25, 0.3) is 0 Å². The van der Waals surface area contributed by atoms with Gasteiger partial charge in [-0.15, -0.1) is 0 Å². The maximum atomic E-state index is 12.9. The van der Waals surface area contributed by atoms with E-state index >= 15 is 0 Å². The smallest absolute Gasteiger partial charge is 0.265 e. The van der Waals surface area contributed by atoms with Crippen molar-refractivity contribution in [2.24, 2.45) is 12.8 Å². The summed E-state index contributed by atoms with van der Waals surface area (Å²) in [6.07, 6.45) is 1.38. The van der Waals surface area contributed by atoms with Gasteiger partial charge in [0.25, 0.3) is 11.8 Å². The molecule has 3 rings (SSSR count). The molecule has 162 valence electrons. The predicted molar refractivity (Wildman–Crippen MR) is 114 cm³/mol. The van der Waals surface area contributed by atoms with Crippen LogP contribution in [0.15, 0.2) is 41.4 Å². The molecule has 1 aliphatic rings. The molecule has 8 nitrogen and oxygen atoms in total. The van der Waals surface area contributed by atoms with Crippen molar-refractivity contribution in [1.82, 2.24) is 13.8 Å². The Balaban J connectivity index is 1.69. The Bertz CT molecular complexity index is 1060. The van der Waals surface area contributed by atoms with Crippen LogP contribution in [0.2, 0.25) is 0 Å². The molecular weight excluding hydrogens is 404 g/mol. The topological polar surface area (TPSA) is 106 Å². The second kappa shape index (κ2) is 7.88. The fourth-order valence-corrected chi connectivity index (χ4v) is 4.99. The number of hydrogen-bond donors (Lipinski definition) is 1. The van der Waals surface area contributed by atoms with Crippen LogP contribution < -0.4 is 5.73 Å². The molecule has 1 saturated heterocycles. The summed E-state index contributed by atoms with van der Waals surface area (Å²) in [5.41, 5.74) is 7.15. The molecule has 0 atom stereocenters. The molecule has 1 aliphatic heterocycles. The second-order valence-electron chi connectivity index (χ2n) is 8.56. The van der Waals surface area contributed by atoms with E-state index < -0.39 is 15.9 Å². The van der Waals surface area contributed by atoms with Gasteiger partial charge in [-0.3, -0.25) is 9.59 Å². The quantitative estimate of drug-likeness (QED) is 0.791. The molecule has 2 N–H and O–H groups in total. The van der Waals surface area contributed by atoms with Gasteiger partial charge in [-0.25, -0.2) is 8.42 Å². The highest BCUT2D eigenvalue weighted by Crippen LogP contribution is 2.23. The van der Waals surface area contributed by atoms with Crippen molar-refractivity contribution in [2.75, 3.05) is 26.2 Å². The van der Waals surface area contributed by atoms with Gasteiger partial charge in [-0.1, -0.05) is 32.9 Å². The maximum Gasteiger partial charge on any atom is 0.265 e. The number of aromatic nitrogens is 1. The number of amides is 2. The summed E-state index contributed by atoms with van der Waals surface area (Å²) < 4.78 is 28.6. The Morgan fingerprint density at radius 3 is 2.03 bits per heavy atom. The lowest BCUT2D eigenvalue weighted by Gasteiger charge is -2.34. The van der Waals surface area contributed by atoms with Gasteiger partial charge in [-0.2, -0.15) is 4.31 Å². The van der Waals surface area contributed by atoms with Gasteiger partial charge < -0.3 is 15.2 Å². The minimum atomic E-state index is -3.77. The first-order chi connectivity index (χ1) is 13.9. The number of benzene rings is 1. The van der Waals surface area contributed by atoms with E-state index in [-0.39, 0.29) is 35.0 Å².